The summed E-state index contributed by atoms with van der Waals surface area (Å²) in [5, 5.41) is 0.875. The third kappa shape index (κ3) is 3.89. The van der Waals surface area contributed by atoms with Crippen LogP contribution in [0.5, 0.6) is 0 Å². The van der Waals surface area contributed by atoms with Crippen molar-refractivity contribution in [3.63, 3.8) is 0 Å². The molecule has 2 unspecified atom stereocenters. The van der Waals surface area contributed by atoms with E-state index in [1.165, 1.54) is 30.5 Å². The van der Waals surface area contributed by atoms with E-state index in [9.17, 15) is 0 Å². The zero-order valence-corrected chi connectivity index (χ0v) is 13.5. The van der Waals surface area contributed by atoms with Crippen LogP contribution < -0.4 is 10.6 Å². The summed E-state index contributed by atoms with van der Waals surface area (Å²) in [6.07, 6.45) is 5.75. The molecular formula is C17H27ClN2. The number of para-hydroxylation sites is 1. The summed E-state index contributed by atoms with van der Waals surface area (Å²) in [4.78, 5) is 2.48. The van der Waals surface area contributed by atoms with Crippen molar-refractivity contribution in [1.82, 2.24) is 0 Å². The molecule has 0 amide bonds. The number of hydrogen-bond donors (Lipinski definition) is 1. The predicted octanol–water partition coefficient (Wildman–Crippen LogP) is 4.25. The van der Waals surface area contributed by atoms with Crippen LogP contribution in [-0.4, -0.2) is 19.1 Å². The number of anilines is 1. The third-order valence-electron chi connectivity index (χ3n) is 4.41. The van der Waals surface area contributed by atoms with Gasteiger partial charge in [0.1, 0.15) is 0 Å². The summed E-state index contributed by atoms with van der Waals surface area (Å²) in [5.41, 5.74) is 8.68. The number of nitrogens with zero attached hydrogens (tertiary/aromatic N) is 1. The van der Waals surface area contributed by atoms with Gasteiger partial charge in [-0.05, 0) is 49.7 Å². The normalized spacial score (nSPS) is 21.6. The zero-order valence-electron chi connectivity index (χ0n) is 12.7. The highest BCUT2D eigenvalue weighted by Crippen LogP contribution is 2.33. The van der Waals surface area contributed by atoms with Gasteiger partial charge in [0, 0.05) is 19.1 Å². The molecule has 1 fully saturated rings. The molecular weight excluding hydrogens is 268 g/mol. The van der Waals surface area contributed by atoms with Gasteiger partial charge in [0.05, 0.1) is 10.7 Å². The minimum absolute atomic E-state index is 0.220. The van der Waals surface area contributed by atoms with E-state index < -0.39 is 0 Å². The van der Waals surface area contributed by atoms with E-state index >= 15 is 0 Å². The van der Waals surface area contributed by atoms with Gasteiger partial charge in [-0.2, -0.15) is 0 Å². The highest BCUT2D eigenvalue weighted by molar-refractivity contribution is 6.33. The summed E-state index contributed by atoms with van der Waals surface area (Å²) in [6.45, 7) is 6.72. The molecule has 0 bridgehead atoms. The van der Waals surface area contributed by atoms with Gasteiger partial charge in [0.2, 0.25) is 0 Å². The van der Waals surface area contributed by atoms with Gasteiger partial charge >= 0.3 is 0 Å². The number of benzene rings is 1. The first-order valence-corrected chi connectivity index (χ1v) is 8.27. The van der Waals surface area contributed by atoms with Gasteiger partial charge in [-0.3, -0.25) is 0 Å². The van der Waals surface area contributed by atoms with Gasteiger partial charge in [-0.1, -0.05) is 37.6 Å². The number of hydrogen-bond acceptors (Lipinski definition) is 2. The molecule has 2 nitrogen and oxygen atoms in total. The molecule has 1 aromatic rings. The Morgan fingerprint density at radius 2 is 2.15 bits per heavy atom. The van der Waals surface area contributed by atoms with Crippen molar-refractivity contribution in [1.29, 1.82) is 0 Å². The Morgan fingerprint density at radius 3 is 2.90 bits per heavy atom. The Labute approximate surface area is 128 Å². The van der Waals surface area contributed by atoms with Gasteiger partial charge in [-0.15, -0.1) is 0 Å². The lowest BCUT2D eigenvalue weighted by Gasteiger charge is -2.27. The standard InChI is InChI=1S/C17H27ClN2/c1-3-15(19)12-14-7-4-8-16(18)17(14)20-10-5-6-13(2)9-11-20/h4,7-8,13,15H,3,5-6,9-12,19H2,1-2H3. The molecule has 112 valence electrons. The summed E-state index contributed by atoms with van der Waals surface area (Å²) in [7, 11) is 0. The Bertz CT molecular complexity index is 433. The number of nitrogens with two attached hydrogens (primary N) is 1. The lowest BCUT2D eigenvalue weighted by molar-refractivity contribution is 0.521. The topological polar surface area (TPSA) is 29.3 Å². The van der Waals surface area contributed by atoms with Crippen LogP contribution in [0.3, 0.4) is 0 Å². The summed E-state index contributed by atoms with van der Waals surface area (Å²) >= 11 is 6.50. The molecule has 1 saturated heterocycles. The summed E-state index contributed by atoms with van der Waals surface area (Å²) < 4.78 is 0. The van der Waals surface area contributed by atoms with Gasteiger partial charge in [-0.25, -0.2) is 0 Å². The van der Waals surface area contributed by atoms with Crippen LogP contribution in [0, 0.1) is 5.92 Å². The molecule has 1 heterocycles. The fraction of sp³-hybridized carbons (Fsp3) is 0.647. The monoisotopic (exact) mass is 294 g/mol. The van der Waals surface area contributed by atoms with Gasteiger partial charge < -0.3 is 10.6 Å². The Kier molecular flexibility index (Phi) is 5.74. The van der Waals surface area contributed by atoms with E-state index in [4.69, 9.17) is 17.3 Å². The minimum Gasteiger partial charge on any atom is -0.370 e. The fourth-order valence-corrected chi connectivity index (χ4v) is 3.31. The first kappa shape index (κ1) is 15.7. The van der Waals surface area contributed by atoms with Crippen LogP contribution >= 0.6 is 11.6 Å². The maximum absolute atomic E-state index is 6.50. The maximum atomic E-state index is 6.50. The van der Waals surface area contributed by atoms with Crippen molar-refractivity contribution in [2.24, 2.45) is 11.7 Å². The minimum atomic E-state index is 0.220. The average Bonchev–Trinajstić information content (AvgIpc) is 2.64. The SMILES string of the molecule is CCC(N)Cc1cccc(Cl)c1N1CCCC(C)CC1. The van der Waals surface area contributed by atoms with Crippen LogP contribution in [0.15, 0.2) is 18.2 Å². The molecule has 0 aromatic heterocycles. The molecule has 0 saturated carbocycles. The van der Waals surface area contributed by atoms with Gasteiger partial charge in [0.15, 0.2) is 0 Å². The largest absolute Gasteiger partial charge is 0.370 e. The van der Waals surface area contributed by atoms with E-state index in [0.717, 1.165) is 36.9 Å². The van der Waals surface area contributed by atoms with E-state index in [-0.39, 0.29) is 6.04 Å². The molecule has 20 heavy (non-hydrogen) atoms. The summed E-state index contributed by atoms with van der Waals surface area (Å²) in [6, 6.07) is 6.46. The predicted molar refractivity (Wildman–Crippen MR) is 88.7 cm³/mol. The number of halogens is 1. The average molecular weight is 295 g/mol. The van der Waals surface area contributed by atoms with Crippen molar-refractivity contribution in [2.75, 3.05) is 18.0 Å². The Balaban J connectivity index is 2.24. The lowest BCUT2D eigenvalue weighted by Crippen LogP contribution is -2.28. The van der Waals surface area contributed by atoms with E-state index in [0.29, 0.717) is 0 Å². The highest BCUT2D eigenvalue weighted by atomic mass is 35.5. The molecule has 2 N–H and O–H groups in total. The van der Waals surface area contributed by atoms with E-state index in [2.05, 4.69) is 24.8 Å². The smallest absolute Gasteiger partial charge is 0.0642 e. The fourth-order valence-electron chi connectivity index (χ4n) is 2.99. The van der Waals surface area contributed by atoms with E-state index in [1.807, 2.05) is 12.1 Å². The van der Waals surface area contributed by atoms with E-state index in [1.54, 1.807) is 0 Å². The second kappa shape index (κ2) is 7.33. The van der Waals surface area contributed by atoms with Crippen LogP contribution in [0.1, 0.15) is 45.1 Å². The van der Waals surface area contributed by atoms with Gasteiger partial charge in [0.25, 0.3) is 0 Å². The first-order chi connectivity index (χ1) is 9.61. The molecule has 1 aliphatic heterocycles. The zero-order chi connectivity index (χ0) is 14.5. The second-order valence-electron chi connectivity index (χ2n) is 6.14. The van der Waals surface area contributed by atoms with Crippen LogP contribution in [0.2, 0.25) is 5.02 Å². The first-order valence-electron chi connectivity index (χ1n) is 7.89. The molecule has 0 aliphatic carbocycles. The van der Waals surface area contributed by atoms with Crippen LogP contribution in [-0.2, 0) is 6.42 Å². The Hall–Kier alpha value is -0.730. The molecule has 0 radical (unpaired) electrons. The van der Waals surface area contributed by atoms with Crippen molar-refractivity contribution in [3.05, 3.63) is 28.8 Å². The third-order valence-corrected chi connectivity index (χ3v) is 4.71. The number of rotatable bonds is 4. The summed E-state index contributed by atoms with van der Waals surface area (Å²) in [5.74, 6) is 0.823. The van der Waals surface area contributed by atoms with Crippen LogP contribution in [0.4, 0.5) is 5.69 Å². The molecule has 1 aromatic carbocycles. The van der Waals surface area contributed by atoms with Crippen LogP contribution in [0.25, 0.3) is 0 Å². The Morgan fingerprint density at radius 1 is 1.35 bits per heavy atom. The quantitative estimate of drug-likeness (QED) is 0.899. The molecule has 0 spiro atoms. The highest BCUT2D eigenvalue weighted by Gasteiger charge is 2.19. The molecule has 3 heteroatoms. The van der Waals surface area contributed by atoms with Crippen molar-refractivity contribution >= 4 is 17.3 Å². The van der Waals surface area contributed by atoms with Crippen molar-refractivity contribution in [3.8, 4) is 0 Å². The van der Waals surface area contributed by atoms with Crippen molar-refractivity contribution in [2.45, 2.75) is 52.0 Å². The maximum Gasteiger partial charge on any atom is 0.0642 e. The molecule has 2 atom stereocenters. The molecule has 1 aliphatic rings. The second-order valence-corrected chi connectivity index (χ2v) is 6.55. The molecule has 2 rings (SSSR count). The lowest BCUT2D eigenvalue weighted by atomic mass is 10.0. The van der Waals surface area contributed by atoms with Crippen molar-refractivity contribution < 1.29 is 0 Å².